The monoisotopic (exact) mass is 183 g/mol. The van der Waals surface area contributed by atoms with Crippen LogP contribution in [0.4, 0.5) is 0 Å². The minimum atomic E-state index is 0.530. The Morgan fingerprint density at radius 1 is 1.67 bits per heavy atom. The molecule has 0 saturated heterocycles. The Labute approximate surface area is 76.3 Å². The molecule has 0 amide bonds. The molecule has 0 aliphatic carbocycles. The van der Waals surface area contributed by atoms with Crippen LogP contribution in [0.5, 0.6) is 5.75 Å². The van der Waals surface area contributed by atoms with Crippen LogP contribution in [0.15, 0.2) is 11.4 Å². The molecular weight excluding hydrogens is 170 g/mol. The number of thiophene rings is 1. The van der Waals surface area contributed by atoms with Crippen molar-refractivity contribution in [2.45, 2.75) is 18.8 Å². The smallest absolute Gasteiger partial charge is 0.133 e. The van der Waals surface area contributed by atoms with E-state index in [-0.39, 0.29) is 0 Å². The van der Waals surface area contributed by atoms with Crippen LogP contribution in [-0.2, 0) is 0 Å². The van der Waals surface area contributed by atoms with E-state index < -0.39 is 0 Å². The highest BCUT2D eigenvalue weighted by Crippen LogP contribution is 2.36. The average molecular weight is 183 g/mol. The normalized spacial score (nSPS) is 22.6. The van der Waals surface area contributed by atoms with E-state index in [0.717, 1.165) is 25.3 Å². The maximum Gasteiger partial charge on any atom is 0.133 e. The van der Waals surface area contributed by atoms with Gasteiger partial charge in [0.1, 0.15) is 5.75 Å². The molecular formula is C9H13NOS. The first-order valence-electron chi connectivity index (χ1n) is 4.32. The third-order valence-corrected chi connectivity index (χ3v) is 3.33. The minimum absolute atomic E-state index is 0.530. The lowest BCUT2D eigenvalue weighted by Gasteiger charge is -2.09. The Hall–Kier alpha value is -0.540. The SMILES string of the molecule is NCC1CCCOc2ccsc21. The first-order valence-corrected chi connectivity index (χ1v) is 5.20. The Morgan fingerprint density at radius 2 is 2.58 bits per heavy atom. The Bertz CT molecular complexity index is 259. The van der Waals surface area contributed by atoms with Crippen LogP contribution in [0.3, 0.4) is 0 Å². The van der Waals surface area contributed by atoms with E-state index in [0.29, 0.717) is 5.92 Å². The number of hydrogen-bond acceptors (Lipinski definition) is 3. The first-order chi connectivity index (χ1) is 5.92. The summed E-state index contributed by atoms with van der Waals surface area (Å²) in [7, 11) is 0. The summed E-state index contributed by atoms with van der Waals surface area (Å²) >= 11 is 1.77. The Kier molecular flexibility index (Phi) is 2.33. The average Bonchev–Trinajstić information content (AvgIpc) is 2.46. The number of hydrogen-bond donors (Lipinski definition) is 1. The van der Waals surface area contributed by atoms with Gasteiger partial charge in [-0.1, -0.05) is 0 Å². The predicted octanol–water partition coefficient (Wildman–Crippen LogP) is 1.96. The highest BCUT2D eigenvalue weighted by Gasteiger charge is 2.19. The van der Waals surface area contributed by atoms with E-state index in [2.05, 4.69) is 5.38 Å². The summed E-state index contributed by atoms with van der Waals surface area (Å²) in [5.41, 5.74) is 5.70. The van der Waals surface area contributed by atoms with Gasteiger partial charge < -0.3 is 10.5 Å². The van der Waals surface area contributed by atoms with Gasteiger partial charge in [0, 0.05) is 12.5 Å². The fourth-order valence-electron chi connectivity index (χ4n) is 1.59. The molecule has 0 fully saturated rings. The zero-order valence-corrected chi connectivity index (χ0v) is 7.77. The fourth-order valence-corrected chi connectivity index (χ4v) is 2.58. The zero-order valence-electron chi connectivity index (χ0n) is 6.95. The lowest BCUT2D eigenvalue weighted by Crippen LogP contribution is -2.10. The van der Waals surface area contributed by atoms with Gasteiger partial charge in [0.15, 0.2) is 0 Å². The molecule has 2 rings (SSSR count). The van der Waals surface area contributed by atoms with E-state index >= 15 is 0 Å². The molecule has 2 nitrogen and oxygen atoms in total. The summed E-state index contributed by atoms with van der Waals surface area (Å²) in [4.78, 5) is 1.34. The zero-order chi connectivity index (χ0) is 8.39. The van der Waals surface area contributed by atoms with Gasteiger partial charge in [0.25, 0.3) is 0 Å². The molecule has 2 N–H and O–H groups in total. The summed E-state index contributed by atoms with van der Waals surface area (Å²) in [6.07, 6.45) is 2.30. The van der Waals surface area contributed by atoms with Crippen LogP contribution in [-0.4, -0.2) is 13.2 Å². The van der Waals surface area contributed by atoms with Crippen molar-refractivity contribution in [1.82, 2.24) is 0 Å². The lowest BCUT2D eigenvalue weighted by molar-refractivity contribution is 0.317. The molecule has 0 aromatic carbocycles. The van der Waals surface area contributed by atoms with Crippen molar-refractivity contribution in [2.24, 2.45) is 5.73 Å². The molecule has 1 aromatic rings. The summed E-state index contributed by atoms with van der Waals surface area (Å²) in [5.74, 6) is 1.59. The van der Waals surface area contributed by atoms with Crippen LogP contribution in [0.1, 0.15) is 23.6 Å². The molecule has 0 bridgehead atoms. The van der Waals surface area contributed by atoms with Crippen LogP contribution in [0.25, 0.3) is 0 Å². The molecule has 0 saturated carbocycles. The molecule has 1 unspecified atom stereocenters. The fraction of sp³-hybridized carbons (Fsp3) is 0.556. The molecule has 1 aromatic heterocycles. The predicted molar refractivity (Wildman–Crippen MR) is 50.8 cm³/mol. The van der Waals surface area contributed by atoms with Crippen LogP contribution < -0.4 is 10.5 Å². The second-order valence-electron chi connectivity index (χ2n) is 3.07. The standard InChI is InChI=1S/C9H13NOS/c10-6-7-2-1-4-11-8-3-5-12-9(7)8/h3,5,7H,1-2,4,6,10H2. The lowest BCUT2D eigenvalue weighted by atomic mass is 10.0. The van der Waals surface area contributed by atoms with Crippen molar-refractivity contribution >= 4 is 11.3 Å². The van der Waals surface area contributed by atoms with E-state index in [1.165, 1.54) is 11.3 Å². The molecule has 2 heterocycles. The van der Waals surface area contributed by atoms with Crippen molar-refractivity contribution < 1.29 is 4.74 Å². The second-order valence-corrected chi connectivity index (χ2v) is 4.02. The first kappa shape index (κ1) is 8.08. The van der Waals surface area contributed by atoms with E-state index in [1.807, 2.05) is 6.07 Å². The van der Waals surface area contributed by atoms with Gasteiger partial charge in [-0.3, -0.25) is 0 Å². The van der Waals surface area contributed by atoms with Crippen molar-refractivity contribution in [3.8, 4) is 5.75 Å². The maximum absolute atomic E-state index is 5.70. The summed E-state index contributed by atoms with van der Waals surface area (Å²) < 4.78 is 5.58. The Morgan fingerprint density at radius 3 is 3.42 bits per heavy atom. The van der Waals surface area contributed by atoms with Gasteiger partial charge in [-0.15, -0.1) is 11.3 Å². The third-order valence-electron chi connectivity index (χ3n) is 2.27. The number of nitrogens with two attached hydrogens (primary N) is 1. The van der Waals surface area contributed by atoms with Crippen LogP contribution in [0, 0.1) is 0 Å². The number of fused-ring (bicyclic) bond motifs is 1. The topological polar surface area (TPSA) is 35.2 Å². The van der Waals surface area contributed by atoms with Gasteiger partial charge in [-0.05, 0) is 24.3 Å². The van der Waals surface area contributed by atoms with Crippen molar-refractivity contribution in [3.05, 3.63) is 16.3 Å². The molecule has 3 heteroatoms. The van der Waals surface area contributed by atoms with E-state index in [9.17, 15) is 0 Å². The number of rotatable bonds is 1. The summed E-state index contributed by atoms with van der Waals surface area (Å²) in [5, 5.41) is 2.08. The third kappa shape index (κ3) is 1.34. The summed E-state index contributed by atoms with van der Waals surface area (Å²) in [6.45, 7) is 1.59. The highest BCUT2D eigenvalue weighted by atomic mass is 32.1. The van der Waals surface area contributed by atoms with E-state index in [4.69, 9.17) is 10.5 Å². The van der Waals surface area contributed by atoms with Gasteiger partial charge in [0.05, 0.1) is 11.5 Å². The van der Waals surface area contributed by atoms with Crippen LogP contribution >= 0.6 is 11.3 Å². The molecule has 66 valence electrons. The van der Waals surface area contributed by atoms with Gasteiger partial charge in [-0.25, -0.2) is 0 Å². The maximum atomic E-state index is 5.70. The molecule has 0 spiro atoms. The number of ether oxygens (including phenoxy) is 1. The molecule has 12 heavy (non-hydrogen) atoms. The summed E-state index contributed by atoms with van der Waals surface area (Å²) in [6, 6.07) is 2.05. The molecule has 1 aliphatic heterocycles. The largest absolute Gasteiger partial charge is 0.492 e. The van der Waals surface area contributed by atoms with Crippen molar-refractivity contribution in [2.75, 3.05) is 13.2 Å². The van der Waals surface area contributed by atoms with Gasteiger partial charge >= 0.3 is 0 Å². The molecule has 1 aliphatic rings. The second kappa shape index (κ2) is 3.46. The van der Waals surface area contributed by atoms with Gasteiger partial charge in [0.2, 0.25) is 0 Å². The quantitative estimate of drug-likeness (QED) is 0.722. The Balaban J connectivity index is 2.29. The van der Waals surface area contributed by atoms with Crippen molar-refractivity contribution in [3.63, 3.8) is 0 Å². The van der Waals surface area contributed by atoms with Crippen LogP contribution in [0.2, 0.25) is 0 Å². The molecule has 0 radical (unpaired) electrons. The molecule has 1 atom stereocenters. The highest BCUT2D eigenvalue weighted by molar-refractivity contribution is 7.10. The van der Waals surface area contributed by atoms with Crippen molar-refractivity contribution in [1.29, 1.82) is 0 Å². The van der Waals surface area contributed by atoms with Gasteiger partial charge in [-0.2, -0.15) is 0 Å². The minimum Gasteiger partial charge on any atom is -0.492 e. The van der Waals surface area contributed by atoms with E-state index in [1.54, 1.807) is 11.3 Å².